The molecular weight excluding hydrogens is 208 g/mol. The second kappa shape index (κ2) is 4.61. The van der Waals surface area contributed by atoms with Crippen LogP contribution in [0.5, 0.6) is 0 Å². The smallest absolute Gasteiger partial charge is 0.0315 e. The van der Waals surface area contributed by atoms with E-state index in [1.54, 1.807) is 0 Å². The summed E-state index contributed by atoms with van der Waals surface area (Å²) < 4.78 is 0. The standard InChI is InChI=1S/C15H20N2/c1-11(14-3-2-6-16-9-14)17-10-15-8-12-4-5-13(15)7-12/h2-6,9,11-13,15,17H,7-8,10H2,1H3/t11-,12?,13?,15?/m1/s1. The first kappa shape index (κ1) is 11.0. The Morgan fingerprint density at radius 2 is 2.35 bits per heavy atom. The van der Waals surface area contributed by atoms with Crippen LogP contribution in [-0.4, -0.2) is 11.5 Å². The maximum Gasteiger partial charge on any atom is 0.0315 e. The summed E-state index contributed by atoms with van der Waals surface area (Å²) in [4.78, 5) is 4.17. The van der Waals surface area contributed by atoms with Crippen molar-refractivity contribution in [3.63, 3.8) is 0 Å². The van der Waals surface area contributed by atoms with E-state index in [9.17, 15) is 0 Å². The Hall–Kier alpha value is -1.15. The van der Waals surface area contributed by atoms with Gasteiger partial charge in [-0.25, -0.2) is 0 Å². The van der Waals surface area contributed by atoms with Gasteiger partial charge in [-0.15, -0.1) is 0 Å². The molecule has 17 heavy (non-hydrogen) atoms. The van der Waals surface area contributed by atoms with Crippen LogP contribution in [0, 0.1) is 17.8 Å². The van der Waals surface area contributed by atoms with Crippen molar-refractivity contribution in [2.24, 2.45) is 17.8 Å². The molecule has 2 aliphatic rings. The van der Waals surface area contributed by atoms with Crippen LogP contribution in [0.2, 0.25) is 0 Å². The van der Waals surface area contributed by atoms with Gasteiger partial charge >= 0.3 is 0 Å². The highest BCUT2D eigenvalue weighted by Crippen LogP contribution is 2.43. The predicted octanol–water partition coefficient (Wildman–Crippen LogP) is 2.94. The average Bonchev–Trinajstić information content (AvgIpc) is 2.99. The zero-order chi connectivity index (χ0) is 11.7. The lowest BCUT2D eigenvalue weighted by Crippen LogP contribution is -2.27. The van der Waals surface area contributed by atoms with Crippen LogP contribution < -0.4 is 5.32 Å². The highest BCUT2D eigenvalue weighted by Gasteiger charge is 2.35. The van der Waals surface area contributed by atoms with Gasteiger partial charge in [0.15, 0.2) is 0 Å². The number of aromatic nitrogens is 1. The van der Waals surface area contributed by atoms with Crippen molar-refractivity contribution in [2.45, 2.75) is 25.8 Å². The maximum absolute atomic E-state index is 4.17. The molecule has 3 rings (SSSR count). The van der Waals surface area contributed by atoms with E-state index in [0.717, 1.165) is 24.3 Å². The minimum atomic E-state index is 0.409. The minimum Gasteiger partial charge on any atom is -0.310 e. The molecule has 0 spiro atoms. The Balaban J connectivity index is 1.53. The number of hydrogen-bond donors (Lipinski definition) is 1. The topological polar surface area (TPSA) is 24.9 Å². The fraction of sp³-hybridized carbons (Fsp3) is 0.533. The third-order valence-electron chi connectivity index (χ3n) is 4.29. The molecule has 4 atom stereocenters. The number of allylic oxidation sites excluding steroid dienone is 2. The average molecular weight is 228 g/mol. The van der Waals surface area contributed by atoms with E-state index >= 15 is 0 Å². The Morgan fingerprint density at radius 1 is 1.41 bits per heavy atom. The van der Waals surface area contributed by atoms with Crippen LogP contribution in [-0.2, 0) is 0 Å². The molecule has 1 N–H and O–H groups in total. The van der Waals surface area contributed by atoms with E-state index in [-0.39, 0.29) is 0 Å². The number of rotatable bonds is 4. The van der Waals surface area contributed by atoms with E-state index in [0.29, 0.717) is 6.04 Å². The number of nitrogens with zero attached hydrogens (tertiary/aromatic N) is 1. The quantitative estimate of drug-likeness (QED) is 0.801. The second-order valence-corrected chi connectivity index (χ2v) is 5.46. The Labute approximate surface area is 103 Å². The van der Waals surface area contributed by atoms with Crippen molar-refractivity contribution in [1.29, 1.82) is 0 Å². The number of pyridine rings is 1. The summed E-state index contributed by atoms with van der Waals surface area (Å²) >= 11 is 0. The van der Waals surface area contributed by atoms with Crippen LogP contribution in [0.1, 0.15) is 31.4 Å². The first-order valence-electron chi connectivity index (χ1n) is 6.64. The molecule has 1 aromatic rings. The summed E-state index contributed by atoms with van der Waals surface area (Å²) in [6, 6.07) is 4.56. The zero-order valence-electron chi connectivity index (χ0n) is 10.3. The summed E-state index contributed by atoms with van der Waals surface area (Å²) in [5.74, 6) is 2.57. The number of fused-ring (bicyclic) bond motifs is 2. The normalized spacial score (nSPS) is 31.9. The van der Waals surface area contributed by atoms with Crippen molar-refractivity contribution >= 4 is 0 Å². The lowest BCUT2D eigenvalue weighted by atomic mass is 9.93. The Kier molecular flexibility index (Phi) is 2.98. The second-order valence-electron chi connectivity index (χ2n) is 5.46. The Bertz CT molecular complexity index is 399. The van der Waals surface area contributed by atoms with Crippen molar-refractivity contribution in [2.75, 3.05) is 6.54 Å². The molecule has 0 aliphatic heterocycles. The highest BCUT2D eigenvalue weighted by molar-refractivity contribution is 5.14. The molecule has 0 aromatic carbocycles. The van der Waals surface area contributed by atoms with Crippen molar-refractivity contribution in [3.05, 3.63) is 42.2 Å². The molecule has 90 valence electrons. The van der Waals surface area contributed by atoms with E-state index in [1.807, 2.05) is 18.5 Å². The summed E-state index contributed by atoms with van der Waals surface area (Å²) in [5, 5.41) is 3.65. The molecule has 1 aromatic heterocycles. The molecule has 1 heterocycles. The first-order valence-corrected chi connectivity index (χ1v) is 6.64. The van der Waals surface area contributed by atoms with Crippen LogP contribution in [0.4, 0.5) is 0 Å². The lowest BCUT2D eigenvalue weighted by Gasteiger charge is -2.21. The van der Waals surface area contributed by atoms with Crippen molar-refractivity contribution < 1.29 is 0 Å². The van der Waals surface area contributed by atoms with E-state index in [4.69, 9.17) is 0 Å². The van der Waals surface area contributed by atoms with Gasteiger partial charge in [-0.05, 0) is 55.7 Å². The fourth-order valence-corrected chi connectivity index (χ4v) is 3.21. The van der Waals surface area contributed by atoms with Gasteiger partial charge in [0.05, 0.1) is 0 Å². The molecule has 2 aliphatic carbocycles. The SMILES string of the molecule is C[C@@H](NCC1CC2C=CC1C2)c1cccnc1. The summed E-state index contributed by atoms with van der Waals surface area (Å²) in [6.45, 7) is 3.36. The molecule has 0 radical (unpaired) electrons. The minimum absolute atomic E-state index is 0.409. The van der Waals surface area contributed by atoms with Gasteiger partial charge in [0.2, 0.25) is 0 Å². The van der Waals surface area contributed by atoms with Gasteiger partial charge < -0.3 is 5.32 Å². The molecule has 1 saturated carbocycles. The first-order chi connectivity index (χ1) is 8.33. The van der Waals surface area contributed by atoms with Gasteiger partial charge in [-0.1, -0.05) is 18.2 Å². The van der Waals surface area contributed by atoms with Crippen LogP contribution in [0.15, 0.2) is 36.7 Å². The molecule has 3 unspecified atom stereocenters. The van der Waals surface area contributed by atoms with E-state index in [2.05, 4.69) is 35.4 Å². The van der Waals surface area contributed by atoms with Gasteiger partial charge in [-0.3, -0.25) is 4.98 Å². The highest BCUT2D eigenvalue weighted by atomic mass is 14.9. The van der Waals surface area contributed by atoms with Gasteiger partial charge in [0.25, 0.3) is 0 Å². The van der Waals surface area contributed by atoms with Crippen molar-refractivity contribution in [3.8, 4) is 0 Å². The summed E-state index contributed by atoms with van der Waals surface area (Å²) in [5.41, 5.74) is 1.28. The molecule has 2 nitrogen and oxygen atoms in total. The molecule has 2 bridgehead atoms. The van der Waals surface area contributed by atoms with E-state index < -0.39 is 0 Å². The zero-order valence-corrected chi connectivity index (χ0v) is 10.3. The fourth-order valence-electron chi connectivity index (χ4n) is 3.21. The van der Waals surface area contributed by atoms with Crippen LogP contribution in [0.3, 0.4) is 0 Å². The maximum atomic E-state index is 4.17. The monoisotopic (exact) mass is 228 g/mol. The third kappa shape index (κ3) is 2.27. The number of hydrogen-bond acceptors (Lipinski definition) is 2. The summed E-state index contributed by atoms with van der Waals surface area (Å²) in [7, 11) is 0. The van der Waals surface area contributed by atoms with Crippen molar-refractivity contribution in [1.82, 2.24) is 10.3 Å². The predicted molar refractivity (Wildman–Crippen MR) is 69.5 cm³/mol. The molecule has 1 fully saturated rings. The Morgan fingerprint density at radius 3 is 3.00 bits per heavy atom. The number of nitrogens with one attached hydrogen (secondary N) is 1. The third-order valence-corrected chi connectivity index (χ3v) is 4.29. The molecule has 2 heteroatoms. The lowest BCUT2D eigenvalue weighted by molar-refractivity contribution is 0.393. The van der Waals surface area contributed by atoms with Crippen LogP contribution in [0.25, 0.3) is 0 Å². The largest absolute Gasteiger partial charge is 0.310 e. The molecule has 0 amide bonds. The van der Waals surface area contributed by atoms with Crippen LogP contribution >= 0.6 is 0 Å². The van der Waals surface area contributed by atoms with E-state index in [1.165, 1.54) is 18.4 Å². The van der Waals surface area contributed by atoms with Gasteiger partial charge in [0, 0.05) is 18.4 Å². The summed E-state index contributed by atoms with van der Waals surface area (Å²) in [6.07, 6.45) is 11.4. The van der Waals surface area contributed by atoms with Gasteiger partial charge in [-0.2, -0.15) is 0 Å². The van der Waals surface area contributed by atoms with Gasteiger partial charge in [0.1, 0.15) is 0 Å². The molecular formula is C15H20N2. The molecule has 0 saturated heterocycles.